The first kappa shape index (κ1) is 10.4. The number of hydrogen-bond donors (Lipinski definition) is 2. The van der Waals surface area contributed by atoms with Crippen LogP contribution in [-0.2, 0) is 14.3 Å². The lowest BCUT2D eigenvalue weighted by atomic mass is 10.5. The van der Waals surface area contributed by atoms with Gasteiger partial charge in [-0.25, -0.2) is 4.79 Å². The van der Waals surface area contributed by atoms with Crippen LogP contribution in [0.4, 0.5) is 0 Å². The largest absolute Gasteiger partial charge is 0.460 e. The molecule has 0 bridgehead atoms. The summed E-state index contributed by atoms with van der Waals surface area (Å²) in [6.07, 6.45) is 0. The van der Waals surface area contributed by atoms with Crippen LogP contribution in [0.15, 0.2) is 5.16 Å². The molecule has 6 nitrogen and oxygen atoms in total. The second-order valence-corrected chi connectivity index (χ2v) is 1.85. The van der Waals surface area contributed by atoms with Crippen molar-refractivity contribution in [2.75, 3.05) is 6.61 Å². The van der Waals surface area contributed by atoms with Crippen LogP contribution >= 0.6 is 0 Å². The predicted octanol–water partition coefficient (Wildman–Crippen LogP) is -0.527. The molecule has 0 saturated heterocycles. The normalized spacial score (nSPS) is 10.7. The van der Waals surface area contributed by atoms with Crippen LogP contribution in [0.1, 0.15) is 13.8 Å². The molecule has 0 aromatic heterocycles. The zero-order valence-electron chi connectivity index (χ0n) is 6.83. The number of nitrogens with one attached hydrogen (secondary N) is 1. The molecule has 1 amide bonds. The molecule has 0 aliphatic heterocycles. The topological polar surface area (TPSA) is 88.0 Å². The Hall–Kier alpha value is -1.59. The maximum Gasteiger partial charge on any atom is 0.377 e. The predicted molar refractivity (Wildman–Crippen MR) is 39.7 cm³/mol. The van der Waals surface area contributed by atoms with Gasteiger partial charge < -0.3 is 15.3 Å². The zero-order chi connectivity index (χ0) is 9.56. The minimum absolute atomic E-state index is 0.150. The first-order valence-corrected chi connectivity index (χ1v) is 3.28. The van der Waals surface area contributed by atoms with E-state index in [-0.39, 0.29) is 6.61 Å². The quantitative estimate of drug-likeness (QED) is 0.184. The van der Waals surface area contributed by atoms with Gasteiger partial charge in [-0.1, -0.05) is 5.16 Å². The van der Waals surface area contributed by atoms with Gasteiger partial charge in [0.25, 0.3) is 5.84 Å². The van der Waals surface area contributed by atoms with Crippen molar-refractivity contribution in [2.24, 2.45) is 5.16 Å². The van der Waals surface area contributed by atoms with Crippen LogP contribution in [0.3, 0.4) is 0 Å². The summed E-state index contributed by atoms with van der Waals surface area (Å²) >= 11 is 0. The minimum Gasteiger partial charge on any atom is -0.460 e. The van der Waals surface area contributed by atoms with Crippen molar-refractivity contribution >= 4 is 17.7 Å². The van der Waals surface area contributed by atoms with E-state index in [1.54, 1.807) is 6.92 Å². The summed E-state index contributed by atoms with van der Waals surface area (Å²) in [6.45, 7) is 2.93. The number of carbonyl (C=O) groups is 2. The van der Waals surface area contributed by atoms with Gasteiger partial charge in [0.15, 0.2) is 0 Å². The van der Waals surface area contributed by atoms with Gasteiger partial charge in [0.05, 0.1) is 6.61 Å². The number of ether oxygens (including phenoxy) is 1. The van der Waals surface area contributed by atoms with Gasteiger partial charge >= 0.3 is 5.97 Å². The molecule has 0 heterocycles. The molecule has 0 radical (unpaired) electrons. The van der Waals surface area contributed by atoms with Crippen molar-refractivity contribution in [1.82, 2.24) is 5.32 Å². The summed E-state index contributed by atoms with van der Waals surface area (Å²) in [5, 5.41) is 12.8. The van der Waals surface area contributed by atoms with Crippen molar-refractivity contribution in [1.29, 1.82) is 0 Å². The highest BCUT2D eigenvalue weighted by molar-refractivity contribution is 6.37. The average Bonchev–Trinajstić information content (AvgIpc) is 2.00. The fourth-order valence-electron chi connectivity index (χ4n) is 0.483. The average molecular weight is 174 g/mol. The van der Waals surface area contributed by atoms with E-state index in [4.69, 9.17) is 5.21 Å². The molecule has 0 fully saturated rings. The number of hydrogen-bond acceptors (Lipinski definition) is 5. The monoisotopic (exact) mass is 174 g/mol. The van der Waals surface area contributed by atoms with Gasteiger partial charge in [0.2, 0.25) is 5.91 Å². The molecule has 0 aliphatic rings. The summed E-state index contributed by atoms with van der Waals surface area (Å²) in [7, 11) is 0. The summed E-state index contributed by atoms with van der Waals surface area (Å²) in [5.41, 5.74) is 0. The minimum atomic E-state index is -0.866. The molecule has 6 heteroatoms. The summed E-state index contributed by atoms with van der Waals surface area (Å²) in [6, 6.07) is 0. The van der Waals surface area contributed by atoms with Gasteiger partial charge in [-0.3, -0.25) is 4.79 Å². The van der Waals surface area contributed by atoms with E-state index in [2.05, 4.69) is 9.89 Å². The smallest absolute Gasteiger partial charge is 0.377 e. The maximum atomic E-state index is 10.8. The molecule has 0 rings (SSSR count). The summed E-state index contributed by atoms with van der Waals surface area (Å²) in [4.78, 5) is 21.2. The van der Waals surface area contributed by atoms with Gasteiger partial charge in [-0.15, -0.1) is 0 Å². The third kappa shape index (κ3) is 3.55. The Bertz CT molecular complexity index is 212. The van der Waals surface area contributed by atoms with Crippen LogP contribution in [0.2, 0.25) is 0 Å². The first-order valence-electron chi connectivity index (χ1n) is 3.28. The van der Waals surface area contributed by atoms with E-state index in [1.807, 2.05) is 5.32 Å². The highest BCUT2D eigenvalue weighted by Crippen LogP contribution is 1.81. The Labute approximate surface area is 69.2 Å². The molecular weight excluding hydrogens is 164 g/mol. The number of oxime groups is 1. The van der Waals surface area contributed by atoms with Crippen LogP contribution in [0.5, 0.6) is 0 Å². The van der Waals surface area contributed by atoms with E-state index in [0.29, 0.717) is 0 Å². The van der Waals surface area contributed by atoms with Crippen LogP contribution in [-0.4, -0.2) is 29.5 Å². The lowest BCUT2D eigenvalue weighted by Crippen LogP contribution is -2.35. The maximum absolute atomic E-state index is 10.8. The molecule has 0 unspecified atom stereocenters. The van der Waals surface area contributed by atoms with Crippen LogP contribution in [0.25, 0.3) is 0 Å². The Morgan fingerprint density at radius 3 is 2.50 bits per heavy atom. The number of nitrogens with zero attached hydrogens (tertiary/aromatic N) is 1. The lowest BCUT2D eigenvalue weighted by molar-refractivity contribution is -0.136. The zero-order valence-corrected chi connectivity index (χ0v) is 6.83. The Kier molecular flexibility index (Phi) is 4.43. The number of amidine groups is 1. The fraction of sp³-hybridized carbons (Fsp3) is 0.500. The number of esters is 1. The molecule has 0 atom stereocenters. The third-order valence-electron chi connectivity index (χ3n) is 0.863. The van der Waals surface area contributed by atoms with Crippen molar-refractivity contribution in [2.45, 2.75) is 13.8 Å². The van der Waals surface area contributed by atoms with Crippen molar-refractivity contribution in [3.8, 4) is 0 Å². The third-order valence-corrected chi connectivity index (χ3v) is 0.863. The Morgan fingerprint density at radius 1 is 1.58 bits per heavy atom. The van der Waals surface area contributed by atoms with Gasteiger partial charge in [0, 0.05) is 6.92 Å². The second kappa shape index (κ2) is 5.11. The van der Waals surface area contributed by atoms with Gasteiger partial charge in [-0.05, 0) is 6.92 Å². The van der Waals surface area contributed by atoms with Crippen molar-refractivity contribution < 1.29 is 19.5 Å². The fourth-order valence-corrected chi connectivity index (χ4v) is 0.483. The molecule has 0 aliphatic carbocycles. The van der Waals surface area contributed by atoms with Crippen molar-refractivity contribution in [3.05, 3.63) is 0 Å². The molecular formula is C6H10N2O4. The second-order valence-electron chi connectivity index (χ2n) is 1.85. The van der Waals surface area contributed by atoms with Crippen molar-refractivity contribution in [3.63, 3.8) is 0 Å². The van der Waals surface area contributed by atoms with Crippen LogP contribution in [0, 0.1) is 0 Å². The molecule has 0 aromatic rings. The lowest BCUT2D eigenvalue weighted by Gasteiger charge is -2.02. The van der Waals surface area contributed by atoms with E-state index >= 15 is 0 Å². The van der Waals surface area contributed by atoms with Gasteiger partial charge in [0.1, 0.15) is 0 Å². The van der Waals surface area contributed by atoms with E-state index in [0.717, 1.165) is 0 Å². The molecule has 0 aromatic carbocycles. The number of amides is 1. The SMILES string of the molecule is CCOC(=O)/C(=N/O)NC(C)=O. The summed E-state index contributed by atoms with van der Waals surface area (Å²) in [5.74, 6) is -1.88. The standard InChI is InChI=1S/C6H10N2O4/c1-3-12-6(10)5(8-11)7-4(2)9/h11H,3H2,1-2H3,(H,7,8,9). The highest BCUT2D eigenvalue weighted by atomic mass is 16.5. The molecule has 2 N–H and O–H groups in total. The summed E-state index contributed by atoms with van der Waals surface area (Å²) < 4.78 is 4.45. The first-order chi connectivity index (χ1) is 5.61. The number of carbonyl (C=O) groups excluding carboxylic acids is 2. The Morgan fingerprint density at radius 2 is 2.17 bits per heavy atom. The molecule has 12 heavy (non-hydrogen) atoms. The van der Waals surface area contributed by atoms with E-state index < -0.39 is 17.7 Å². The molecule has 0 spiro atoms. The molecule has 0 saturated carbocycles. The van der Waals surface area contributed by atoms with Crippen LogP contribution < -0.4 is 5.32 Å². The highest BCUT2D eigenvalue weighted by Gasteiger charge is 2.13. The Balaban J connectivity index is 4.17. The number of rotatable bonds is 1. The van der Waals surface area contributed by atoms with Gasteiger partial charge in [-0.2, -0.15) is 0 Å². The van der Waals surface area contributed by atoms with E-state index in [1.165, 1.54) is 6.92 Å². The van der Waals surface area contributed by atoms with E-state index in [9.17, 15) is 9.59 Å². The molecule has 68 valence electrons.